The molecule has 0 radical (unpaired) electrons. The Morgan fingerprint density at radius 3 is 2.18 bits per heavy atom. The van der Waals surface area contributed by atoms with Crippen LogP contribution in [0.2, 0.25) is 18.1 Å². The van der Waals surface area contributed by atoms with Crippen molar-refractivity contribution in [1.29, 1.82) is 0 Å². The maximum Gasteiger partial charge on any atom is 0.268 e. The highest BCUT2D eigenvalue weighted by atomic mass is 79.9. The minimum absolute atomic E-state index is 0.147. The molecule has 0 saturated heterocycles. The van der Waals surface area contributed by atoms with E-state index in [-0.39, 0.29) is 5.04 Å². The third kappa shape index (κ3) is 5.16. The van der Waals surface area contributed by atoms with Crippen LogP contribution in [-0.4, -0.2) is 20.8 Å². The number of benzene rings is 1. The molecule has 1 aromatic rings. The van der Waals surface area contributed by atoms with Crippen molar-refractivity contribution < 1.29 is 9.16 Å². The Morgan fingerprint density at radius 2 is 1.73 bits per heavy atom. The molecule has 0 N–H and O–H groups in total. The molecule has 0 unspecified atom stereocenters. The van der Waals surface area contributed by atoms with Crippen LogP contribution in [-0.2, 0) is 9.16 Å². The van der Waals surface area contributed by atoms with Gasteiger partial charge < -0.3 is 9.16 Å². The summed E-state index contributed by atoms with van der Waals surface area (Å²) in [6.07, 6.45) is 1.99. The number of ether oxygens (including phenoxy) is 1. The fourth-order valence-electron chi connectivity index (χ4n) is 1.86. The van der Waals surface area contributed by atoms with E-state index in [1.54, 1.807) is 7.11 Å². The third-order valence-electron chi connectivity index (χ3n) is 4.27. The fourth-order valence-corrected chi connectivity index (χ4v) is 3.12. The van der Waals surface area contributed by atoms with Crippen LogP contribution in [0, 0.1) is 0 Å². The van der Waals surface area contributed by atoms with E-state index in [2.05, 4.69) is 74.1 Å². The summed E-state index contributed by atoms with van der Waals surface area (Å²) in [6.45, 7) is 11.2. The molecular formula is C18H29BrO2Si. The van der Waals surface area contributed by atoms with E-state index in [0.717, 1.165) is 23.7 Å². The molecule has 0 aliphatic carbocycles. The molecule has 22 heavy (non-hydrogen) atoms. The van der Waals surface area contributed by atoms with Gasteiger partial charge in [0, 0.05) is 10.9 Å². The quantitative estimate of drug-likeness (QED) is 0.316. The number of methoxy groups -OCH3 is 1. The van der Waals surface area contributed by atoms with Gasteiger partial charge in [0.15, 0.2) is 0 Å². The Balaban J connectivity index is 3.22. The zero-order valence-corrected chi connectivity index (χ0v) is 17.3. The van der Waals surface area contributed by atoms with Crippen molar-refractivity contribution in [2.75, 3.05) is 12.4 Å². The molecule has 4 heteroatoms. The predicted molar refractivity (Wildman–Crippen MR) is 102 cm³/mol. The number of hydrogen-bond donors (Lipinski definition) is 0. The fraction of sp³-hybridized carbons (Fsp3) is 0.556. The minimum atomic E-state index is -1.92. The molecule has 0 saturated carbocycles. The molecule has 2 nitrogen and oxygen atoms in total. The molecule has 1 aromatic carbocycles. The molecular weight excluding hydrogens is 356 g/mol. The molecule has 0 aromatic heterocycles. The van der Waals surface area contributed by atoms with Gasteiger partial charge in [-0.2, -0.15) is 0 Å². The lowest BCUT2D eigenvalue weighted by molar-refractivity contribution is 0.142. The number of allylic oxidation sites excluding steroid dienone is 1. The van der Waals surface area contributed by atoms with Gasteiger partial charge in [-0.1, -0.05) is 67.0 Å². The van der Waals surface area contributed by atoms with Crippen molar-refractivity contribution in [3.05, 3.63) is 41.8 Å². The summed E-state index contributed by atoms with van der Waals surface area (Å²) < 4.78 is 12.1. The highest BCUT2D eigenvalue weighted by Gasteiger charge is 2.40. The Hall–Kier alpha value is -0.743. The van der Waals surface area contributed by atoms with Crippen molar-refractivity contribution in [1.82, 2.24) is 0 Å². The first-order valence-electron chi connectivity index (χ1n) is 7.80. The van der Waals surface area contributed by atoms with Crippen LogP contribution >= 0.6 is 15.9 Å². The Bertz CT molecular complexity index is 490. The maximum atomic E-state index is 6.45. The van der Waals surface area contributed by atoms with Gasteiger partial charge in [-0.3, -0.25) is 0 Å². The molecule has 0 heterocycles. The van der Waals surface area contributed by atoms with Crippen molar-refractivity contribution in [3.63, 3.8) is 0 Å². The largest absolute Gasteiger partial charge is 0.519 e. The number of rotatable bonds is 7. The number of hydrogen-bond acceptors (Lipinski definition) is 2. The van der Waals surface area contributed by atoms with Gasteiger partial charge in [0.25, 0.3) is 14.3 Å². The van der Waals surface area contributed by atoms with Gasteiger partial charge in [0.1, 0.15) is 0 Å². The standard InChI is InChI=1S/C18H29BrO2Si/c1-18(2,3)22(5,6)21-17(20-4)16(13-10-14-19)15-11-8-7-9-12-15/h7-9,11-12H,10,13-14H2,1-6H3/b17-16-. The lowest BCUT2D eigenvalue weighted by Gasteiger charge is -2.37. The SMILES string of the molecule is CO/C(O[Si](C)(C)C(C)(C)C)=C(\CCCBr)c1ccccc1. The van der Waals surface area contributed by atoms with Crippen LogP contribution in [0.1, 0.15) is 39.2 Å². The Labute approximate surface area is 145 Å². The molecule has 0 aliphatic heterocycles. The van der Waals surface area contributed by atoms with E-state index in [9.17, 15) is 0 Å². The zero-order valence-electron chi connectivity index (χ0n) is 14.7. The average molecular weight is 385 g/mol. The van der Waals surface area contributed by atoms with Crippen LogP contribution in [0.15, 0.2) is 36.3 Å². The van der Waals surface area contributed by atoms with Crippen molar-refractivity contribution in [2.45, 2.75) is 51.7 Å². The van der Waals surface area contributed by atoms with Crippen LogP contribution in [0.4, 0.5) is 0 Å². The van der Waals surface area contributed by atoms with Gasteiger partial charge in [-0.15, -0.1) is 0 Å². The van der Waals surface area contributed by atoms with Crippen molar-refractivity contribution in [2.24, 2.45) is 0 Å². The summed E-state index contributed by atoms with van der Waals surface area (Å²) in [6, 6.07) is 10.4. The zero-order chi connectivity index (χ0) is 16.8. The topological polar surface area (TPSA) is 18.5 Å². The summed E-state index contributed by atoms with van der Waals surface area (Å²) >= 11 is 3.52. The van der Waals surface area contributed by atoms with E-state index in [1.807, 2.05) is 6.07 Å². The second-order valence-corrected chi connectivity index (χ2v) is 12.5. The lowest BCUT2D eigenvalue weighted by atomic mass is 10.0. The van der Waals surface area contributed by atoms with Crippen molar-refractivity contribution >= 4 is 29.8 Å². The lowest BCUT2D eigenvalue weighted by Crippen LogP contribution is -2.40. The summed E-state index contributed by atoms with van der Waals surface area (Å²) in [7, 11) is -0.211. The first-order valence-corrected chi connectivity index (χ1v) is 11.8. The first-order chi connectivity index (χ1) is 10.2. The van der Waals surface area contributed by atoms with Gasteiger partial charge in [-0.05, 0) is 36.5 Å². The van der Waals surface area contributed by atoms with Gasteiger partial charge in [0.05, 0.1) is 7.11 Å². The summed E-state index contributed by atoms with van der Waals surface area (Å²) in [4.78, 5) is 0. The third-order valence-corrected chi connectivity index (χ3v) is 9.14. The minimum Gasteiger partial charge on any atom is -0.519 e. The van der Waals surface area contributed by atoms with E-state index in [1.165, 1.54) is 5.56 Å². The molecule has 0 fully saturated rings. The molecule has 0 aliphatic rings. The summed E-state index contributed by atoms with van der Waals surface area (Å²) in [5.41, 5.74) is 2.34. The monoisotopic (exact) mass is 384 g/mol. The van der Waals surface area contributed by atoms with Gasteiger partial charge in [0.2, 0.25) is 0 Å². The Kier molecular flexibility index (Phi) is 7.20. The van der Waals surface area contributed by atoms with E-state index < -0.39 is 8.32 Å². The summed E-state index contributed by atoms with van der Waals surface area (Å²) in [5, 5.41) is 1.12. The predicted octanol–water partition coefficient (Wildman–Crippen LogP) is 6.20. The summed E-state index contributed by atoms with van der Waals surface area (Å²) in [5.74, 6) is 0.693. The van der Waals surface area contributed by atoms with E-state index in [4.69, 9.17) is 9.16 Å². The van der Waals surface area contributed by atoms with Crippen molar-refractivity contribution in [3.8, 4) is 0 Å². The maximum absolute atomic E-state index is 6.45. The van der Waals surface area contributed by atoms with Crippen LogP contribution in [0.25, 0.3) is 5.57 Å². The number of halogens is 1. The molecule has 0 bridgehead atoms. The van der Waals surface area contributed by atoms with Gasteiger partial charge in [-0.25, -0.2) is 0 Å². The molecule has 1 rings (SSSR count). The molecule has 0 amide bonds. The molecule has 124 valence electrons. The number of alkyl halides is 1. The van der Waals surface area contributed by atoms with Crippen LogP contribution in [0.3, 0.4) is 0 Å². The second-order valence-electron chi connectivity index (χ2n) is 6.99. The van der Waals surface area contributed by atoms with E-state index in [0.29, 0.717) is 5.95 Å². The highest BCUT2D eigenvalue weighted by molar-refractivity contribution is 9.09. The van der Waals surface area contributed by atoms with Crippen LogP contribution < -0.4 is 0 Å². The molecule has 0 atom stereocenters. The first kappa shape index (κ1) is 19.3. The Morgan fingerprint density at radius 1 is 1.14 bits per heavy atom. The van der Waals surface area contributed by atoms with Crippen LogP contribution in [0.5, 0.6) is 0 Å². The van der Waals surface area contributed by atoms with Gasteiger partial charge >= 0.3 is 0 Å². The molecule has 0 spiro atoms. The highest BCUT2D eigenvalue weighted by Crippen LogP contribution is 2.39. The smallest absolute Gasteiger partial charge is 0.268 e. The van der Waals surface area contributed by atoms with E-state index >= 15 is 0 Å². The average Bonchev–Trinajstić information content (AvgIpc) is 2.46. The second kappa shape index (κ2) is 8.21. The normalized spacial score (nSPS) is 13.6.